The molecule has 1 saturated heterocycles. The van der Waals surface area contributed by atoms with Crippen LogP contribution in [0.4, 0.5) is 0 Å². The molecule has 0 saturated carbocycles. The molecular formula is C22H23N3O3. The van der Waals surface area contributed by atoms with E-state index in [4.69, 9.17) is 4.74 Å². The van der Waals surface area contributed by atoms with Crippen molar-refractivity contribution in [3.63, 3.8) is 0 Å². The van der Waals surface area contributed by atoms with Crippen LogP contribution in [0.5, 0.6) is 0 Å². The van der Waals surface area contributed by atoms with Crippen LogP contribution in [0.3, 0.4) is 0 Å². The van der Waals surface area contributed by atoms with Gasteiger partial charge in [-0.3, -0.25) is 9.59 Å². The number of pyridine rings is 1. The maximum Gasteiger partial charge on any atom is 0.260 e. The monoisotopic (exact) mass is 377 g/mol. The second-order valence-corrected chi connectivity index (χ2v) is 7.79. The zero-order chi connectivity index (χ0) is 19.3. The van der Waals surface area contributed by atoms with Crippen LogP contribution in [-0.2, 0) is 16.8 Å². The Kier molecular flexibility index (Phi) is 3.91. The highest BCUT2D eigenvalue weighted by atomic mass is 16.5. The van der Waals surface area contributed by atoms with Crippen LogP contribution in [-0.4, -0.2) is 40.5 Å². The Labute approximate surface area is 162 Å². The highest BCUT2D eigenvalue weighted by molar-refractivity contribution is 5.94. The third kappa shape index (κ3) is 2.59. The molecule has 1 aromatic carbocycles. The van der Waals surface area contributed by atoms with Crippen molar-refractivity contribution in [3.8, 4) is 0 Å². The van der Waals surface area contributed by atoms with Crippen LogP contribution < -0.4 is 5.56 Å². The Morgan fingerprint density at radius 1 is 1.11 bits per heavy atom. The number of nitrogens with zero attached hydrogens (tertiary/aromatic N) is 1. The Bertz CT molecular complexity index is 1120. The van der Waals surface area contributed by atoms with Crippen LogP contribution in [0, 0.1) is 6.92 Å². The van der Waals surface area contributed by atoms with Crippen LogP contribution in [0.15, 0.2) is 41.2 Å². The SMILES string of the molecule is Cc1ccc(C(=O)N2CCC3(CC2)OCCc2c3[nH]c3ccccc23)c(=O)[nH]1. The maximum atomic E-state index is 12.8. The fourth-order valence-corrected chi connectivity index (χ4v) is 4.65. The van der Waals surface area contributed by atoms with Gasteiger partial charge in [-0.15, -0.1) is 0 Å². The van der Waals surface area contributed by atoms with E-state index in [1.165, 1.54) is 16.6 Å². The molecular weight excluding hydrogens is 354 g/mol. The topological polar surface area (TPSA) is 78.2 Å². The van der Waals surface area contributed by atoms with Gasteiger partial charge in [-0.25, -0.2) is 0 Å². The normalized spacial score (nSPS) is 18.4. The molecule has 2 N–H and O–H groups in total. The highest BCUT2D eigenvalue weighted by Crippen LogP contribution is 2.43. The predicted molar refractivity (Wildman–Crippen MR) is 107 cm³/mol. The van der Waals surface area contributed by atoms with E-state index in [-0.39, 0.29) is 22.6 Å². The summed E-state index contributed by atoms with van der Waals surface area (Å²) in [6.07, 6.45) is 2.35. The van der Waals surface area contributed by atoms with Gasteiger partial charge in [0.2, 0.25) is 0 Å². The van der Waals surface area contributed by atoms with E-state index in [2.05, 4.69) is 28.2 Å². The van der Waals surface area contributed by atoms with Crippen LogP contribution in [0.1, 0.15) is 40.2 Å². The first-order valence-electron chi connectivity index (χ1n) is 9.81. The Morgan fingerprint density at radius 3 is 2.68 bits per heavy atom. The number of amides is 1. The van der Waals surface area contributed by atoms with E-state index in [1.54, 1.807) is 24.0 Å². The zero-order valence-corrected chi connectivity index (χ0v) is 15.9. The Morgan fingerprint density at radius 2 is 1.89 bits per heavy atom. The summed E-state index contributed by atoms with van der Waals surface area (Å²) in [5.41, 5.74) is 3.91. The maximum absolute atomic E-state index is 12.8. The Balaban J connectivity index is 1.42. The highest BCUT2D eigenvalue weighted by Gasteiger charge is 2.43. The number of para-hydroxylation sites is 1. The number of H-pyrrole nitrogens is 2. The molecule has 0 radical (unpaired) electrons. The average Bonchev–Trinajstić information content (AvgIpc) is 3.09. The number of benzene rings is 1. The molecule has 4 heterocycles. The molecule has 3 aromatic rings. The number of rotatable bonds is 1. The number of aryl methyl sites for hydroxylation is 1. The first-order chi connectivity index (χ1) is 13.6. The molecule has 28 heavy (non-hydrogen) atoms. The van der Waals surface area contributed by atoms with Crippen molar-refractivity contribution >= 4 is 16.8 Å². The van der Waals surface area contributed by atoms with Crippen molar-refractivity contribution in [2.75, 3.05) is 19.7 Å². The number of nitrogens with one attached hydrogen (secondary N) is 2. The summed E-state index contributed by atoms with van der Waals surface area (Å²) in [5.74, 6) is -0.205. The number of piperidine rings is 1. The smallest absolute Gasteiger partial charge is 0.260 e. The molecule has 0 aliphatic carbocycles. The molecule has 144 valence electrons. The van der Waals surface area contributed by atoms with Crippen LogP contribution in [0.2, 0.25) is 0 Å². The van der Waals surface area contributed by atoms with Gasteiger partial charge in [0.1, 0.15) is 11.2 Å². The second-order valence-electron chi connectivity index (χ2n) is 7.79. The molecule has 2 aliphatic rings. The van der Waals surface area contributed by atoms with Gasteiger partial charge in [0.25, 0.3) is 11.5 Å². The number of fused-ring (bicyclic) bond motifs is 4. The van der Waals surface area contributed by atoms with E-state index < -0.39 is 0 Å². The number of aromatic amines is 2. The van der Waals surface area contributed by atoms with Gasteiger partial charge < -0.3 is 19.6 Å². The molecule has 6 heteroatoms. The number of hydrogen-bond donors (Lipinski definition) is 2. The minimum absolute atomic E-state index is 0.205. The standard InChI is InChI=1S/C22H23N3O3/c1-14-6-7-17(20(26)23-14)21(27)25-11-9-22(10-12-25)19-16(8-13-28-22)15-4-2-3-5-18(15)24-19/h2-7,24H,8-13H2,1H3,(H,23,26). The minimum Gasteiger partial charge on any atom is -0.368 e. The fraction of sp³-hybridized carbons (Fsp3) is 0.364. The van der Waals surface area contributed by atoms with Crippen molar-refractivity contribution in [3.05, 3.63) is 69.3 Å². The Hall–Kier alpha value is -2.86. The lowest BCUT2D eigenvalue weighted by molar-refractivity contribution is -0.0957. The third-order valence-electron chi connectivity index (χ3n) is 6.14. The molecule has 0 bridgehead atoms. The van der Waals surface area contributed by atoms with Crippen molar-refractivity contribution in [1.29, 1.82) is 0 Å². The number of hydrogen-bond acceptors (Lipinski definition) is 3. The average molecular weight is 377 g/mol. The third-order valence-corrected chi connectivity index (χ3v) is 6.14. The summed E-state index contributed by atoms with van der Waals surface area (Å²) in [7, 11) is 0. The van der Waals surface area contributed by atoms with Crippen LogP contribution in [0.25, 0.3) is 10.9 Å². The fourth-order valence-electron chi connectivity index (χ4n) is 4.65. The molecule has 1 spiro atoms. The minimum atomic E-state index is -0.372. The number of carbonyl (C=O) groups excluding carboxylic acids is 1. The van der Waals surface area contributed by atoms with Crippen molar-refractivity contribution < 1.29 is 9.53 Å². The lowest BCUT2D eigenvalue weighted by Crippen LogP contribution is -2.49. The molecule has 2 aliphatic heterocycles. The van der Waals surface area contributed by atoms with Crippen molar-refractivity contribution in [2.24, 2.45) is 0 Å². The van der Waals surface area contributed by atoms with Gasteiger partial charge in [0.05, 0.1) is 12.3 Å². The second kappa shape index (κ2) is 6.34. The number of aromatic nitrogens is 2. The van der Waals surface area contributed by atoms with Gasteiger partial charge >= 0.3 is 0 Å². The summed E-state index contributed by atoms with van der Waals surface area (Å²) < 4.78 is 6.30. The first-order valence-corrected chi connectivity index (χ1v) is 9.81. The van der Waals surface area contributed by atoms with E-state index >= 15 is 0 Å². The molecule has 1 fully saturated rings. The van der Waals surface area contributed by atoms with E-state index in [0.717, 1.165) is 30.5 Å². The molecule has 0 unspecified atom stereocenters. The molecule has 6 nitrogen and oxygen atoms in total. The largest absolute Gasteiger partial charge is 0.368 e. The summed E-state index contributed by atoms with van der Waals surface area (Å²) in [6.45, 7) is 3.64. The van der Waals surface area contributed by atoms with Gasteiger partial charge in [0.15, 0.2) is 0 Å². The first kappa shape index (κ1) is 17.3. The molecule has 1 amide bonds. The lowest BCUT2D eigenvalue weighted by atomic mass is 9.83. The number of ether oxygens (including phenoxy) is 1. The molecule has 2 aromatic heterocycles. The predicted octanol–water partition coefficient (Wildman–Crippen LogP) is 2.87. The van der Waals surface area contributed by atoms with E-state index in [0.29, 0.717) is 19.7 Å². The summed E-state index contributed by atoms with van der Waals surface area (Å²) in [5, 5.41) is 1.27. The van der Waals surface area contributed by atoms with Crippen LogP contribution >= 0.6 is 0 Å². The number of carbonyl (C=O) groups is 1. The van der Waals surface area contributed by atoms with E-state index in [1.807, 2.05) is 6.07 Å². The molecule has 0 atom stereocenters. The summed E-state index contributed by atoms with van der Waals surface area (Å²) >= 11 is 0. The van der Waals surface area contributed by atoms with Crippen molar-refractivity contribution in [1.82, 2.24) is 14.9 Å². The van der Waals surface area contributed by atoms with Crippen molar-refractivity contribution in [2.45, 2.75) is 31.8 Å². The lowest BCUT2D eigenvalue weighted by Gasteiger charge is -2.43. The summed E-state index contributed by atoms with van der Waals surface area (Å²) in [6, 6.07) is 11.8. The van der Waals surface area contributed by atoms with Gasteiger partial charge in [-0.2, -0.15) is 0 Å². The quantitative estimate of drug-likeness (QED) is 0.684. The van der Waals surface area contributed by atoms with E-state index in [9.17, 15) is 9.59 Å². The molecule has 5 rings (SSSR count). The van der Waals surface area contributed by atoms with Gasteiger partial charge in [-0.1, -0.05) is 18.2 Å². The summed E-state index contributed by atoms with van der Waals surface area (Å²) in [4.78, 5) is 33.1. The van der Waals surface area contributed by atoms with Gasteiger partial charge in [-0.05, 0) is 49.9 Å². The zero-order valence-electron chi connectivity index (χ0n) is 15.9. The van der Waals surface area contributed by atoms with Gasteiger partial charge in [0, 0.05) is 29.7 Å². The number of likely N-dealkylation sites (tertiary alicyclic amines) is 1.